The molecule has 0 heterocycles. The molecule has 0 aromatic rings. The Bertz CT molecular complexity index is 572. The molecule has 0 aliphatic rings. The van der Waals surface area contributed by atoms with Crippen molar-refractivity contribution in [2.24, 2.45) is 10.8 Å². The van der Waals surface area contributed by atoms with Crippen molar-refractivity contribution in [2.75, 3.05) is 6.79 Å². The number of ether oxygens (including phenoxy) is 2. The third-order valence-electron chi connectivity index (χ3n) is 4.83. The molecule has 0 saturated carbocycles. The predicted molar refractivity (Wildman–Crippen MR) is 88.4 cm³/mol. The monoisotopic (exact) mass is 388 g/mol. The summed E-state index contributed by atoms with van der Waals surface area (Å²) in [4.78, 5) is 70.1. The van der Waals surface area contributed by atoms with Crippen LogP contribution in [0.5, 0.6) is 0 Å². The van der Waals surface area contributed by atoms with E-state index in [-0.39, 0.29) is 25.7 Å². The van der Waals surface area contributed by atoms with Gasteiger partial charge >= 0.3 is 23.9 Å². The highest BCUT2D eigenvalue weighted by molar-refractivity contribution is 6.39. The van der Waals surface area contributed by atoms with Crippen LogP contribution in [0.3, 0.4) is 0 Å². The summed E-state index contributed by atoms with van der Waals surface area (Å²) in [5, 5.41) is 17.8. The molecule has 0 aromatic carbocycles. The molecule has 27 heavy (non-hydrogen) atoms. The van der Waals surface area contributed by atoms with E-state index in [1.165, 1.54) is 27.7 Å². The molecule has 0 radical (unpaired) electrons. The van der Waals surface area contributed by atoms with Crippen molar-refractivity contribution in [2.45, 2.75) is 53.4 Å². The molecule has 0 spiro atoms. The molecule has 10 nitrogen and oxygen atoms in total. The molecule has 0 aliphatic heterocycles. The number of carbonyl (C=O) groups is 6. The van der Waals surface area contributed by atoms with Crippen molar-refractivity contribution in [3.05, 3.63) is 0 Å². The largest absolute Gasteiger partial charge is 0.475 e. The van der Waals surface area contributed by atoms with Crippen molar-refractivity contribution in [3.63, 3.8) is 0 Å². The Morgan fingerprint density at radius 1 is 0.630 bits per heavy atom. The fraction of sp³-hybridized carbons (Fsp3) is 0.647. The first-order valence-corrected chi connectivity index (χ1v) is 8.40. The van der Waals surface area contributed by atoms with Gasteiger partial charge in [0.2, 0.25) is 6.79 Å². The van der Waals surface area contributed by atoms with Crippen LogP contribution in [0.2, 0.25) is 0 Å². The van der Waals surface area contributed by atoms with Crippen molar-refractivity contribution in [1.29, 1.82) is 0 Å². The van der Waals surface area contributed by atoms with Crippen LogP contribution in [0.15, 0.2) is 0 Å². The third kappa shape index (κ3) is 4.69. The average molecular weight is 388 g/mol. The summed E-state index contributed by atoms with van der Waals surface area (Å²) in [5.41, 5.74) is -3.86. The van der Waals surface area contributed by atoms with Crippen molar-refractivity contribution in [1.82, 2.24) is 0 Å². The number of carboxylic acid groups (broad SMARTS) is 2. The topological polar surface area (TPSA) is 161 Å². The predicted octanol–water partition coefficient (Wildman–Crippen LogP) is 0.950. The van der Waals surface area contributed by atoms with Crippen molar-refractivity contribution in [3.8, 4) is 0 Å². The normalized spacial score (nSPS) is 11.4. The molecule has 10 heteroatoms. The Labute approximate surface area is 155 Å². The van der Waals surface area contributed by atoms with Crippen LogP contribution in [0.4, 0.5) is 0 Å². The molecule has 0 aliphatic carbocycles. The zero-order chi connectivity index (χ0) is 21.4. The molecule has 0 amide bonds. The Balaban J connectivity index is 5.28. The third-order valence-corrected chi connectivity index (χ3v) is 4.83. The van der Waals surface area contributed by atoms with Gasteiger partial charge in [-0.15, -0.1) is 0 Å². The lowest BCUT2D eigenvalue weighted by Gasteiger charge is -2.27. The molecule has 0 bridgehead atoms. The van der Waals surface area contributed by atoms with Gasteiger partial charge in [-0.05, 0) is 25.7 Å². The number of esters is 2. The van der Waals surface area contributed by atoms with E-state index in [0.717, 1.165) is 0 Å². The van der Waals surface area contributed by atoms with Gasteiger partial charge in [0.05, 0.1) is 0 Å². The highest BCUT2D eigenvalue weighted by Crippen LogP contribution is 2.31. The van der Waals surface area contributed by atoms with Gasteiger partial charge in [0.25, 0.3) is 11.6 Å². The Morgan fingerprint density at radius 3 is 1.07 bits per heavy atom. The molecule has 0 fully saturated rings. The summed E-state index contributed by atoms with van der Waals surface area (Å²) >= 11 is 0. The fourth-order valence-electron chi connectivity index (χ4n) is 2.73. The number of hydrogen-bond acceptors (Lipinski definition) is 8. The van der Waals surface area contributed by atoms with Gasteiger partial charge in [0, 0.05) is 0 Å². The first kappa shape index (κ1) is 24.2. The van der Waals surface area contributed by atoms with Gasteiger partial charge in [-0.25, -0.2) is 9.59 Å². The van der Waals surface area contributed by atoms with Crippen LogP contribution >= 0.6 is 0 Å². The zero-order valence-corrected chi connectivity index (χ0v) is 15.7. The first-order valence-electron chi connectivity index (χ1n) is 8.40. The van der Waals surface area contributed by atoms with Gasteiger partial charge in [-0.3, -0.25) is 19.2 Å². The summed E-state index contributed by atoms with van der Waals surface area (Å²) in [6.07, 6.45) is -0.584. The number of Topliss-reactive ketones (excluding diaryl/α,β-unsaturated/α-hetero) is 2. The van der Waals surface area contributed by atoms with E-state index in [9.17, 15) is 28.8 Å². The van der Waals surface area contributed by atoms with E-state index in [1.807, 2.05) is 0 Å². The maximum absolute atomic E-state index is 12.2. The van der Waals surface area contributed by atoms with E-state index in [0.29, 0.717) is 0 Å². The summed E-state index contributed by atoms with van der Waals surface area (Å²) in [6.45, 7) is 4.75. The number of hydrogen-bond donors (Lipinski definition) is 2. The maximum Gasteiger partial charge on any atom is 0.373 e. The summed E-state index contributed by atoms with van der Waals surface area (Å²) in [5.74, 6) is -8.65. The van der Waals surface area contributed by atoms with Gasteiger partial charge < -0.3 is 19.7 Å². The highest BCUT2D eigenvalue weighted by Gasteiger charge is 2.49. The minimum atomic E-state index is -1.93. The second-order valence-corrected chi connectivity index (χ2v) is 5.83. The summed E-state index contributed by atoms with van der Waals surface area (Å²) in [7, 11) is 0. The van der Waals surface area contributed by atoms with Gasteiger partial charge in [-0.1, -0.05) is 27.7 Å². The number of aliphatic carboxylic acids is 2. The standard InChI is InChI=1S/C17H24O10/c1-5-16(6-2,10(18)12(20)21)14(24)26-9-27-15(25)17(7-3,8-4)11(19)13(22)23/h5-9H2,1-4H3,(H,20,21)(H,22,23). The van der Waals surface area contributed by atoms with Crippen LogP contribution in [-0.2, 0) is 38.2 Å². The summed E-state index contributed by atoms with van der Waals surface area (Å²) < 4.78 is 9.46. The number of carbonyl (C=O) groups excluding carboxylic acids is 4. The lowest BCUT2D eigenvalue weighted by Crippen LogP contribution is -2.45. The second kappa shape index (κ2) is 9.79. The maximum atomic E-state index is 12.2. The van der Waals surface area contributed by atoms with E-state index in [1.54, 1.807) is 0 Å². The van der Waals surface area contributed by atoms with E-state index < -0.39 is 53.1 Å². The van der Waals surface area contributed by atoms with Gasteiger partial charge in [-0.2, -0.15) is 0 Å². The van der Waals surface area contributed by atoms with Crippen LogP contribution in [-0.4, -0.2) is 52.4 Å². The average Bonchev–Trinajstić information content (AvgIpc) is 2.64. The first-order chi connectivity index (χ1) is 12.5. The Morgan fingerprint density at radius 2 is 0.889 bits per heavy atom. The van der Waals surface area contributed by atoms with E-state index >= 15 is 0 Å². The lowest BCUT2D eigenvalue weighted by molar-refractivity contribution is -0.185. The second-order valence-electron chi connectivity index (χ2n) is 5.83. The number of ketones is 2. The van der Waals surface area contributed by atoms with E-state index in [4.69, 9.17) is 19.7 Å². The minimum Gasteiger partial charge on any atom is -0.475 e. The van der Waals surface area contributed by atoms with Crippen LogP contribution < -0.4 is 0 Å². The van der Waals surface area contributed by atoms with Crippen LogP contribution in [0, 0.1) is 10.8 Å². The minimum absolute atomic E-state index is 0.146. The number of rotatable bonds is 12. The van der Waals surface area contributed by atoms with Crippen LogP contribution in [0.1, 0.15) is 53.4 Å². The molecule has 0 atom stereocenters. The van der Waals surface area contributed by atoms with Gasteiger partial charge in [0.15, 0.2) is 0 Å². The number of carboxylic acids is 2. The molecule has 0 saturated heterocycles. The molecular formula is C17H24O10. The molecule has 0 aromatic heterocycles. The highest BCUT2D eigenvalue weighted by atomic mass is 16.7. The molecular weight excluding hydrogens is 364 g/mol. The molecule has 152 valence electrons. The lowest BCUT2D eigenvalue weighted by atomic mass is 9.78. The van der Waals surface area contributed by atoms with Crippen molar-refractivity contribution < 1.29 is 48.5 Å². The molecule has 0 rings (SSSR count). The SMILES string of the molecule is CCC(CC)(C(=O)OCOC(=O)C(CC)(CC)C(=O)C(=O)O)C(=O)C(=O)O. The Hall–Kier alpha value is -2.78. The van der Waals surface area contributed by atoms with Crippen molar-refractivity contribution >= 4 is 35.4 Å². The Kier molecular flexibility index (Phi) is 8.78. The van der Waals surface area contributed by atoms with Crippen LogP contribution in [0.25, 0.3) is 0 Å². The zero-order valence-electron chi connectivity index (χ0n) is 15.7. The molecule has 0 unspecified atom stereocenters. The fourth-order valence-corrected chi connectivity index (χ4v) is 2.73. The quantitative estimate of drug-likeness (QED) is 0.213. The molecule has 2 N–H and O–H groups in total. The summed E-state index contributed by atoms with van der Waals surface area (Å²) in [6, 6.07) is 0. The smallest absolute Gasteiger partial charge is 0.373 e. The van der Waals surface area contributed by atoms with Gasteiger partial charge in [0.1, 0.15) is 10.8 Å². The van der Waals surface area contributed by atoms with E-state index in [2.05, 4.69) is 0 Å².